The second-order valence-electron chi connectivity index (χ2n) is 7.88. The summed E-state index contributed by atoms with van der Waals surface area (Å²) in [7, 11) is 3.81. The Morgan fingerprint density at radius 1 is 1.20 bits per heavy atom. The summed E-state index contributed by atoms with van der Waals surface area (Å²) in [6.45, 7) is 2.00. The highest BCUT2D eigenvalue weighted by Gasteiger charge is 2.19. The van der Waals surface area contributed by atoms with E-state index >= 15 is 0 Å². The van der Waals surface area contributed by atoms with Crippen molar-refractivity contribution in [1.82, 2.24) is 24.6 Å². The average Bonchev–Trinajstić information content (AvgIpc) is 3.15. The Kier molecular flexibility index (Phi) is 4.51. The maximum absolute atomic E-state index is 14.5. The van der Waals surface area contributed by atoms with Crippen LogP contribution in [0, 0.1) is 5.82 Å². The number of benzene rings is 2. The van der Waals surface area contributed by atoms with Crippen molar-refractivity contribution in [3.05, 3.63) is 59.0 Å². The molecule has 0 aliphatic carbocycles. The van der Waals surface area contributed by atoms with Gasteiger partial charge in [-0.2, -0.15) is 5.10 Å². The van der Waals surface area contributed by atoms with Crippen molar-refractivity contribution in [1.29, 1.82) is 0 Å². The normalized spacial score (nSPS) is 15.2. The molecule has 4 aromatic rings. The number of piperidine rings is 1. The first-order valence-corrected chi connectivity index (χ1v) is 10.1. The standard InChI is InChI=1S/C22H23FN6O/c1-27-12-14-9-17(11-19(23)21(14)26-27)29-13-25-20-4-3-16(10-18(20)22(29)30)28(2)15-5-7-24-8-6-15/h3-4,9-13,15,24H,5-8H2,1-2H3. The van der Waals surface area contributed by atoms with Crippen molar-refractivity contribution in [2.24, 2.45) is 7.05 Å². The quantitative estimate of drug-likeness (QED) is 0.567. The molecular formula is C22H23FN6O. The average molecular weight is 406 g/mol. The van der Waals surface area contributed by atoms with Gasteiger partial charge in [0.2, 0.25) is 0 Å². The van der Waals surface area contributed by atoms with Crippen molar-refractivity contribution in [3.63, 3.8) is 0 Å². The van der Waals surface area contributed by atoms with Crippen molar-refractivity contribution in [2.75, 3.05) is 25.0 Å². The molecule has 3 heterocycles. The molecule has 5 rings (SSSR count). The number of nitrogens with zero attached hydrogens (tertiary/aromatic N) is 5. The highest BCUT2D eigenvalue weighted by atomic mass is 19.1. The molecule has 0 atom stereocenters. The van der Waals surface area contributed by atoms with Crippen molar-refractivity contribution < 1.29 is 4.39 Å². The van der Waals surface area contributed by atoms with Crippen molar-refractivity contribution in [2.45, 2.75) is 18.9 Å². The smallest absolute Gasteiger partial charge is 0.265 e. The molecule has 0 radical (unpaired) electrons. The molecule has 154 valence electrons. The van der Waals surface area contributed by atoms with Gasteiger partial charge < -0.3 is 10.2 Å². The van der Waals surface area contributed by atoms with Crippen LogP contribution >= 0.6 is 0 Å². The third-order valence-corrected chi connectivity index (χ3v) is 5.94. The fourth-order valence-electron chi connectivity index (χ4n) is 4.25. The Labute approximate surface area is 172 Å². The van der Waals surface area contributed by atoms with Crippen molar-refractivity contribution >= 4 is 27.5 Å². The van der Waals surface area contributed by atoms with E-state index in [1.165, 1.54) is 17.0 Å². The second kappa shape index (κ2) is 7.21. The molecule has 2 aromatic carbocycles. The van der Waals surface area contributed by atoms with Gasteiger partial charge in [0.1, 0.15) is 11.8 Å². The van der Waals surface area contributed by atoms with E-state index < -0.39 is 5.82 Å². The van der Waals surface area contributed by atoms with E-state index in [0.29, 0.717) is 28.0 Å². The number of halogens is 1. The zero-order valence-electron chi connectivity index (χ0n) is 17.0. The summed E-state index contributed by atoms with van der Waals surface area (Å²) in [4.78, 5) is 20.0. The zero-order valence-corrected chi connectivity index (χ0v) is 17.0. The molecule has 1 aliphatic rings. The van der Waals surface area contributed by atoms with Crippen LogP contribution in [0.3, 0.4) is 0 Å². The Morgan fingerprint density at radius 3 is 2.80 bits per heavy atom. The van der Waals surface area contributed by atoms with Gasteiger partial charge >= 0.3 is 0 Å². The van der Waals surface area contributed by atoms with Gasteiger partial charge in [-0.05, 0) is 50.2 Å². The summed E-state index contributed by atoms with van der Waals surface area (Å²) in [5.74, 6) is -0.463. The largest absolute Gasteiger partial charge is 0.371 e. The minimum atomic E-state index is -0.463. The van der Waals surface area contributed by atoms with E-state index in [0.717, 1.165) is 31.6 Å². The number of rotatable bonds is 3. The van der Waals surface area contributed by atoms with Crippen LogP contribution in [0.1, 0.15) is 12.8 Å². The molecule has 0 spiro atoms. The Balaban J connectivity index is 1.60. The molecule has 0 unspecified atom stereocenters. The monoisotopic (exact) mass is 406 g/mol. The maximum Gasteiger partial charge on any atom is 0.265 e. The number of aryl methyl sites for hydroxylation is 1. The first-order chi connectivity index (χ1) is 14.5. The van der Waals surface area contributed by atoms with Crippen LogP contribution in [0.5, 0.6) is 0 Å². The van der Waals surface area contributed by atoms with E-state index in [1.807, 2.05) is 18.2 Å². The lowest BCUT2D eigenvalue weighted by Gasteiger charge is -2.33. The van der Waals surface area contributed by atoms with Gasteiger partial charge in [-0.15, -0.1) is 0 Å². The predicted octanol–water partition coefficient (Wildman–Crippen LogP) is 2.60. The molecule has 1 saturated heterocycles. The third kappa shape index (κ3) is 3.13. The molecule has 2 aromatic heterocycles. The van der Waals surface area contributed by atoms with Crippen LogP contribution in [0.2, 0.25) is 0 Å². The van der Waals surface area contributed by atoms with Crippen LogP contribution in [0.15, 0.2) is 47.7 Å². The summed E-state index contributed by atoms with van der Waals surface area (Å²) in [5, 5.41) is 8.66. The van der Waals surface area contributed by atoms with Crippen LogP contribution < -0.4 is 15.8 Å². The summed E-state index contributed by atoms with van der Waals surface area (Å²) < 4.78 is 17.5. The minimum Gasteiger partial charge on any atom is -0.371 e. The number of anilines is 1. The van der Waals surface area contributed by atoms with E-state index in [2.05, 4.69) is 27.3 Å². The second-order valence-corrected chi connectivity index (χ2v) is 7.88. The minimum absolute atomic E-state index is 0.219. The van der Waals surface area contributed by atoms with Crippen molar-refractivity contribution in [3.8, 4) is 5.69 Å². The van der Waals surface area contributed by atoms with Crippen LogP contribution in [-0.2, 0) is 7.05 Å². The molecule has 1 N–H and O–H groups in total. The maximum atomic E-state index is 14.5. The Hall–Kier alpha value is -3.26. The van der Waals surface area contributed by atoms with Gasteiger partial charge in [0.25, 0.3) is 5.56 Å². The molecule has 7 nitrogen and oxygen atoms in total. The lowest BCUT2D eigenvalue weighted by Crippen LogP contribution is -2.41. The van der Waals surface area contributed by atoms with E-state index in [4.69, 9.17) is 0 Å². The van der Waals surface area contributed by atoms with Crippen LogP contribution in [0.4, 0.5) is 10.1 Å². The first kappa shape index (κ1) is 18.7. The number of hydrogen-bond donors (Lipinski definition) is 1. The summed E-state index contributed by atoms with van der Waals surface area (Å²) in [6.07, 6.45) is 5.32. The van der Waals surface area contributed by atoms with Gasteiger partial charge in [-0.25, -0.2) is 9.37 Å². The summed E-state index contributed by atoms with van der Waals surface area (Å²) in [5.41, 5.74) is 2.11. The summed E-state index contributed by atoms with van der Waals surface area (Å²) in [6, 6.07) is 9.29. The Bertz CT molecular complexity index is 1300. The lowest BCUT2D eigenvalue weighted by atomic mass is 10.0. The molecule has 1 aliphatic heterocycles. The molecule has 30 heavy (non-hydrogen) atoms. The fraction of sp³-hybridized carbons (Fsp3) is 0.318. The van der Waals surface area contributed by atoms with Gasteiger partial charge in [-0.3, -0.25) is 14.0 Å². The van der Waals surface area contributed by atoms with Gasteiger partial charge in [0, 0.05) is 43.5 Å². The topological polar surface area (TPSA) is 68.0 Å². The number of fused-ring (bicyclic) bond motifs is 2. The van der Waals surface area contributed by atoms with Gasteiger partial charge in [-0.1, -0.05) is 0 Å². The highest BCUT2D eigenvalue weighted by molar-refractivity contribution is 5.83. The molecule has 0 saturated carbocycles. The molecular weight excluding hydrogens is 383 g/mol. The molecule has 1 fully saturated rings. The number of nitrogens with one attached hydrogen (secondary N) is 1. The highest BCUT2D eigenvalue weighted by Crippen LogP contribution is 2.24. The molecule has 0 amide bonds. The molecule has 0 bridgehead atoms. The van der Waals surface area contributed by atoms with Crippen LogP contribution in [-0.4, -0.2) is 45.5 Å². The van der Waals surface area contributed by atoms with Crippen LogP contribution in [0.25, 0.3) is 27.5 Å². The fourth-order valence-corrected chi connectivity index (χ4v) is 4.25. The number of hydrogen-bond acceptors (Lipinski definition) is 5. The lowest BCUT2D eigenvalue weighted by molar-refractivity contribution is 0.443. The Morgan fingerprint density at radius 2 is 2.00 bits per heavy atom. The first-order valence-electron chi connectivity index (χ1n) is 10.1. The van der Waals surface area contributed by atoms with E-state index in [9.17, 15) is 9.18 Å². The summed E-state index contributed by atoms with van der Waals surface area (Å²) >= 11 is 0. The zero-order chi connectivity index (χ0) is 20.8. The van der Waals surface area contributed by atoms with E-state index in [1.54, 1.807) is 24.0 Å². The van der Waals surface area contributed by atoms with E-state index in [-0.39, 0.29) is 11.1 Å². The van der Waals surface area contributed by atoms with Gasteiger partial charge in [0.15, 0.2) is 5.82 Å². The molecule has 8 heteroatoms. The number of aromatic nitrogens is 4. The SMILES string of the molecule is CN(c1ccc2ncn(-c3cc(F)c4nn(C)cc4c3)c(=O)c2c1)C1CCNCC1. The van der Waals surface area contributed by atoms with Gasteiger partial charge in [0.05, 0.1) is 16.6 Å². The third-order valence-electron chi connectivity index (χ3n) is 5.94. The predicted molar refractivity (Wildman–Crippen MR) is 116 cm³/mol.